The zero-order valence-corrected chi connectivity index (χ0v) is 64.5. The minimum Gasteiger partial charge on any atom is -0.399 e. The van der Waals surface area contributed by atoms with Gasteiger partial charge in [0.25, 0.3) is 28.1 Å². The Balaban J connectivity index is 0.000000115. The van der Waals surface area contributed by atoms with Crippen LogP contribution in [0.1, 0.15) is 27.7 Å². The molecule has 35 heteroatoms. The number of hydrogen-bond donors (Lipinski definition) is 1. The first kappa shape index (κ1) is 76.5. The number of morpholine rings is 3. The van der Waals surface area contributed by atoms with E-state index in [1.807, 2.05) is 124 Å². The van der Waals surface area contributed by atoms with E-state index < -0.39 is 45.3 Å². The van der Waals surface area contributed by atoms with Gasteiger partial charge in [0.1, 0.15) is 28.7 Å². The lowest BCUT2D eigenvalue weighted by Gasteiger charge is -2.32. The number of alkyl halides is 3. The zero-order valence-electron chi connectivity index (χ0n) is 61.3. The van der Waals surface area contributed by atoms with Crippen LogP contribution < -0.4 is 46.8 Å². The molecule has 15 aromatic rings. The van der Waals surface area contributed by atoms with Gasteiger partial charge in [-0.25, -0.2) is 15.0 Å². The van der Waals surface area contributed by atoms with Crippen LogP contribution >= 0.6 is 34.0 Å². The fourth-order valence-electron chi connectivity index (χ4n) is 14.2. The summed E-state index contributed by atoms with van der Waals surface area (Å²) in [6.45, 7) is 14.9. The number of anilines is 4. The highest BCUT2D eigenvalue weighted by atomic mass is 32.2. The number of nitrogens with zero attached hydrogens (tertiary/aromatic N) is 11. The summed E-state index contributed by atoms with van der Waals surface area (Å²) in [5.41, 5.74) is 5.24. The molecule has 4 saturated heterocycles. The van der Waals surface area contributed by atoms with Crippen LogP contribution in [0.15, 0.2) is 197 Å². The second kappa shape index (κ2) is 30.4. The number of hydrogen-bond acceptors (Lipinski definition) is 25. The number of halogens is 3. The van der Waals surface area contributed by atoms with Crippen LogP contribution in [0.3, 0.4) is 0 Å². The van der Waals surface area contributed by atoms with Crippen molar-refractivity contribution >= 4 is 169 Å². The number of thiophene rings is 3. The SMILES string of the molecule is CC1(C)OB(c2ccc([N+](=O)[O-])c3c2sc2ccccc23)OC1(C)C.Nc1ccc(-c2cccn3c(=O)cc(N4CCOCC4)nc23)c2sc3ccccc3c12.O=c1cc(N2CCOCC2)nc2c(-c3ccc([N+](=O)[O-])c4c3sc3ccccc34)cccn12.O=c1cc(N2CCOCC2)nc2c(OS(=O)(=O)C(F)(F)F)cccn12. The summed E-state index contributed by atoms with van der Waals surface area (Å²) < 4.78 is 103. The van der Waals surface area contributed by atoms with Gasteiger partial charge in [-0.05, 0) is 94.4 Å². The molecule has 0 saturated carbocycles. The first-order valence-corrected chi connectivity index (χ1v) is 39.9. The summed E-state index contributed by atoms with van der Waals surface area (Å²) in [5.74, 6) is 0.829. The van der Waals surface area contributed by atoms with Gasteiger partial charge >= 0.3 is 22.7 Å². The average Bonchev–Trinajstić information content (AvgIpc) is 1.56. The Kier molecular flexibility index (Phi) is 20.4. The predicted octanol–water partition coefficient (Wildman–Crippen LogP) is 13.6. The zero-order chi connectivity index (χ0) is 79.7. The molecule has 0 unspecified atom stereocenters. The molecule has 6 aromatic carbocycles. The molecule has 0 atom stereocenters. The first-order valence-electron chi connectivity index (χ1n) is 36.0. The predicted molar refractivity (Wildman–Crippen MR) is 439 cm³/mol. The maximum Gasteiger partial charge on any atom is 0.534 e. The summed E-state index contributed by atoms with van der Waals surface area (Å²) in [5, 5.41) is 28.6. The number of nitrogens with two attached hydrogens (primary N) is 1. The van der Waals surface area contributed by atoms with E-state index in [0.717, 1.165) is 102 Å². The van der Waals surface area contributed by atoms with Crippen molar-refractivity contribution in [2.24, 2.45) is 0 Å². The van der Waals surface area contributed by atoms with Crippen molar-refractivity contribution in [3.63, 3.8) is 0 Å². The maximum absolute atomic E-state index is 13.0. The van der Waals surface area contributed by atoms with Gasteiger partial charge in [0.05, 0.1) is 76.2 Å². The smallest absolute Gasteiger partial charge is 0.399 e. The van der Waals surface area contributed by atoms with Crippen molar-refractivity contribution in [2.75, 3.05) is 99.3 Å². The number of nitrogen functional groups attached to an aromatic ring is 1. The quantitative estimate of drug-likeness (QED) is 0.0332. The van der Waals surface area contributed by atoms with E-state index in [4.69, 9.17) is 39.2 Å². The molecule has 0 aliphatic carbocycles. The third kappa shape index (κ3) is 14.3. The minimum atomic E-state index is -5.88. The van der Waals surface area contributed by atoms with Crippen LogP contribution in [-0.2, 0) is 33.6 Å². The molecular formula is C79H68BF3N12O15S4. The Bertz CT molecular complexity index is 6660. The molecule has 114 heavy (non-hydrogen) atoms. The molecule has 19 rings (SSSR count). The topological polar surface area (TPSA) is 315 Å². The van der Waals surface area contributed by atoms with E-state index in [2.05, 4.69) is 26.2 Å². The molecule has 9 aromatic heterocycles. The van der Waals surface area contributed by atoms with E-state index in [1.54, 1.807) is 86.8 Å². The molecule has 27 nitrogen and oxygen atoms in total. The van der Waals surface area contributed by atoms with Crippen molar-refractivity contribution in [1.29, 1.82) is 0 Å². The Morgan fingerprint density at radius 3 is 1.29 bits per heavy atom. The van der Waals surface area contributed by atoms with Crippen molar-refractivity contribution in [1.82, 2.24) is 28.2 Å². The van der Waals surface area contributed by atoms with Crippen LogP contribution in [0.2, 0.25) is 0 Å². The number of fused-ring (bicyclic) bond motifs is 12. The third-order valence-electron chi connectivity index (χ3n) is 20.6. The van der Waals surface area contributed by atoms with Crippen molar-refractivity contribution in [3.05, 3.63) is 234 Å². The number of nitro benzene ring substituents is 2. The highest BCUT2D eigenvalue weighted by Gasteiger charge is 2.53. The fraction of sp³-hybridized carbons (Fsp3) is 0.241. The van der Waals surface area contributed by atoms with Gasteiger partial charge in [0.2, 0.25) is 0 Å². The Hall–Kier alpha value is -11.5. The minimum absolute atomic E-state index is 0.0746. The number of rotatable bonds is 10. The highest BCUT2D eigenvalue weighted by Crippen LogP contribution is 2.47. The monoisotopic (exact) mass is 1620 g/mol. The third-order valence-corrected chi connectivity index (χ3v) is 25.2. The number of benzene rings is 6. The molecule has 582 valence electrons. The lowest BCUT2D eigenvalue weighted by atomic mass is 9.78. The molecular weight excluding hydrogens is 1550 g/mol. The molecule has 0 spiro atoms. The molecule has 2 N–H and O–H groups in total. The summed E-state index contributed by atoms with van der Waals surface area (Å²) in [4.78, 5) is 80.5. The summed E-state index contributed by atoms with van der Waals surface area (Å²) in [6, 6.07) is 48.6. The van der Waals surface area contributed by atoms with Crippen LogP contribution in [0, 0.1) is 20.2 Å². The van der Waals surface area contributed by atoms with Gasteiger partial charge in [-0.3, -0.25) is 47.8 Å². The van der Waals surface area contributed by atoms with E-state index in [1.165, 1.54) is 38.8 Å². The standard InChI is InChI=1S/C24H18N4O4S.C24H20N4O2S.C18H18BNO4S.C13H12F3N3O5S/c29-21-14-20(26-10-12-32-13-11-26)25-24-16(5-3-9-27(21)24)15-7-8-18(28(30)31)22-17-4-1-2-6-19(17)33-23(15)22;25-18-8-7-15(23-22(18)17-4-1-2-6-19(17)31-23)16-5-3-9-28-21(29)14-20(26-24(16)28)27-10-12-30-13-11-27;1-17(2)18(3,4)24-19(23-17)12-9-10-13(20(21)22)15-11-7-5-6-8-14(11)25-16(12)15;14-13(15,16)25(21,22)24-9-2-1-3-19-11(20)8-10(17-12(9)19)18-4-6-23-7-5-18/h1-9,14H,10-13H2;1-9,14H,10-13,25H2;5-10H,1-4H3;1-3,8H,4-7H2. The van der Waals surface area contributed by atoms with Gasteiger partial charge in [-0.1, -0.05) is 66.7 Å². The van der Waals surface area contributed by atoms with Gasteiger partial charge in [0.15, 0.2) is 11.4 Å². The lowest BCUT2D eigenvalue weighted by molar-refractivity contribution is -0.383. The van der Waals surface area contributed by atoms with E-state index >= 15 is 0 Å². The van der Waals surface area contributed by atoms with Crippen LogP contribution in [0.5, 0.6) is 5.75 Å². The molecule has 0 bridgehead atoms. The second-order valence-corrected chi connectivity index (χ2v) is 32.6. The fourth-order valence-corrected chi connectivity index (χ4v) is 18.4. The second-order valence-electron chi connectivity index (χ2n) is 28.0. The number of nitro groups is 2. The molecule has 0 radical (unpaired) electrons. The highest BCUT2D eigenvalue weighted by molar-refractivity contribution is 7.88. The Labute approximate surface area is 657 Å². The number of non-ortho nitro benzene ring substituents is 2. The van der Waals surface area contributed by atoms with Gasteiger partial charge < -0.3 is 48.1 Å². The molecule has 0 amide bonds. The van der Waals surface area contributed by atoms with Crippen LogP contribution in [0.25, 0.3) is 99.7 Å². The van der Waals surface area contributed by atoms with Gasteiger partial charge in [-0.15, -0.1) is 34.0 Å². The van der Waals surface area contributed by atoms with Gasteiger partial charge in [-0.2, -0.15) is 21.6 Å². The van der Waals surface area contributed by atoms with Crippen molar-refractivity contribution in [3.8, 4) is 28.0 Å². The van der Waals surface area contributed by atoms with Crippen molar-refractivity contribution < 1.29 is 59.1 Å². The Morgan fingerprint density at radius 2 is 0.851 bits per heavy atom. The number of pyridine rings is 3. The van der Waals surface area contributed by atoms with Crippen molar-refractivity contribution in [2.45, 2.75) is 44.4 Å². The number of ether oxygens (including phenoxy) is 3. The Morgan fingerprint density at radius 1 is 0.482 bits per heavy atom. The molecule has 4 fully saturated rings. The maximum atomic E-state index is 13.0. The van der Waals surface area contributed by atoms with E-state index in [9.17, 15) is 56.2 Å². The first-order chi connectivity index (χ1) is 54.7. The number of aromatic nitrogens is 6. The largest absolute Gasteiger partial charge is 0.534 e. The average molecular weight is 1620 g/mol. The van der Waals surface area contributed by atoms with Gasteiger partial charge in [0, 0.05) is 167 Å². The molecule has 4 aliphatic rings. The van der Waals surface area contributed by atoms with E-state index in [0.29, 0.717) is 99.5 Å². The van der Waals surface area contributed by atoms with Crippen LogP contribution in [-0.4, -0.2) is 149 Å². The molecule has 13 heterocycles. The van der Waals surface area contributed by atoms with E-state index in [-0.39, 0.29) is 43.8 Å². The normalized spacial score (nSPS) is 15.9. The summed E-state index contributed by atoms with van der Waals surface area (Å²) >= 11 is 4.78. The summed E-state index contributed by atoms with van der Waals surface area (Å²) in [7, 11) is -6.42. The molecule has 4 aliphatic heterocycles. The van der Waals surface area contributed by atoms with Crippen LogP contribution in [0.4, 0.5) is 47.7 Å². The summed E-state index contributed by atoms with van der Waals surface area (Å²) in [6.07, 6.45) is 4.72. The lowest BCUT2D eigenvalue weighted by Crippen LogP contribution is -2.41.